The van der Waals surface area contributed by atoms with E-state index in [1.807, 2.05) is 48.5 Å². The van der Waals surface area contributed by atoms with Gasteiger partial charge >= 0.3 is 0 Å². The van der Waals surface area contributed by atoms with E-state index in [0.717, 1.165) is 21.7 Å². The van der Waals surface area contributed by atoms with Crippen molar-refractivity contribution in [3.8, 4) is 0 Å². The molecule has 0 saturated carbocycles. The second-order valence-corrected chi connectivity index (χ2v) is 5.60. The van der Waals surface area contributed by atoms with E-state index in [1.54, 1.807) is 6.20 Å². The summed E-state index contributed by atoms with van der Waals surface area (Å²) in [6.45, 7) is 0.360. The summed E-state index contributed by atoms with van der Waals surface area (Å²) in [5.41, 5.74) is 1.51. The van der Waals surface area contributed by atoms with Crippen LogP contribution in [0.3, 0.4) is 0 Å². The van der Waals surface area contributed by atoms with E-state index >= 15 is 0 Å². The van der Waals surface area contributed by atoms with Crippen LogP contribution in [0.25, 0.3) is 21.8 Å². The van der Waals surface area contributed by atoms with Crippen molar-refractivity contribution in [3.05, 3.63) is 72.7 Å². The molecule has 0 aliphatic carbocycles. The zero-order chi connectivity index (χ0) is 16.4. The third-order valence-corrected chi connectivity index (χ3v) is 4.03. The Morgan fingerprint density at radius 2 is 1.79 bits per heavy atom. The largest absolute Gasteiger partial charge is 0.387 e. The highest BCUT2D eigenvalue weighted by Crippen LogP contribution is 2.22. The van der Waals surface area contributed by atoms with E-state index < -0.39 is 6.10 Å². The molecule has 24 heavy (non-hydrogen) atoms. The van der Waals surface area contributed by atoms with E-state index in [9.17, 15) is 5.11 Å². The van der Waals surface area contributed by atoms with Gasteiger partial charge in [0.1, 0.15) is 12.1 Å². The number of rotatable bonds is 4. The number of aliphatic hydroxyl groups excluding tert-OH is 1. The lowest BCUT2D eigenvalue weighted by Gasteiger charge is -2.14. The molecule has 0 aliphatic rings. The summed E-state index contributed by atoms with van der Waals surface area (Å²) in [5, 5.41) is 16.8. The van der Waals surface area contributed by atoms with Crippen LogP contribution in [0, 0.1) is 0 Å². The van der Waals surface area contributed by atoms with E-state index in [2.05, 4.69) is 26.3 Å². The fourth-order valence-corrected chi connectivity index (χ4v) is 2.76. The minimum absolute atomic E-state index is 0.360. The predicted molar refractivity (Wildman–Crippen MR) is 94.7 cm³/mol. The van der Waals surface area contributed by atoms with Crippen molar-refractivity contribution in [2.45, 2.75) is 6.10 Å². The molecule has 0 amide bonds. The van der Waals surface area contributed by atoms with Gasteiger partial charge in [-0.1, -0.05) is 36.4 Å². The summed E-state index contributed by atoms with van der Waals surface area (Å²) in [4.78, 5) is 12.6. The van der Waals surface area contributed by atoms with Crippen molar-refractivity contribution in [3.63, 3.8) is 0 Å². The third-order valence-electron chi connectivity index (χ3n) is 4.03. The lowest BCUT2D eigenvalue weighted by molar-refractivity contribution is 0.191. The zero-order valence-corrected chi connectivity index (χ0v) is 12.9. The van der Waals surface area contributed by atoms with Gasteiger partial charge in [0.2, 0.25) is 0 Å². The Morgan fingerprint density at radius 3 is 2.71 bits per heavy atom. The van der Waals surface area contributed by atoms with Crippen molar-refractivity contribution in [1.29, 1.82) is 0 Å². The highest BCUT2D eigenvalue weighted by molar-refractivity contribution is 5.86. The van der Waals surface area contributed by atoms with Crippen molar-refractivity contribution in [1.82, 2.24) is 15.0 Å². The van der Waals surface area contributed by atoms with Crippen LogP contribution in [-0.2, 0) is 0 Å². The van der Waals surface area contributed by atoms with E-state index in [4.69, 9.17) is 0 Å². The third kappa shape index (κ3) is 2.77. The van der Waals surface area contributed by atoms with Crippen LogP contribution in [0.5, 0.6) is 0 Å². The zero-order valence-electron chi connectivity index (χ0n) is 12.9. The van der Waals surface area contributed by atoms with E-state index in [0.29, 0.717) is 18.0 Å². The topological polar surface area (TPSA) is 70.9 Å². The molecule has 5 heteroatoms. The first kappa shape index (κ1) is 14.5. The molecular weight excluding hydrogens is 300 g/mol. The molecular formula is C19H16N4O. The van der Waals surface area contributed by atoms with E-state index in [1.165, 1.54) is 6.33 Å². The first-order valence-electron chi connectivity index (χ1n) is 7.77. The Hall–Kier alpha value is -3.05. The van der Waals surface area contributed by atoms with Gasteiger partial charge in [0, 0.05) is 12.7 Å². The summed E-state index contributed by atoms with van der Waals surface area (Å²) >= 11 is 0. The molecule has 1 atom stereocenters. The SMILES string of the molecule is OC(CNc1ncnc2ncccc12)c1ccc2ccccc2c1. The van der Waals surface area contributed by atoms with Gasteiger partial charge in [-0.15, -0.1) is 0 Å². The van der Waals surface area contributed by atoms with Gasteiger partial charge in [-0.3, -0.25) is 0 Å². The minimum Gasteiger partial charge on any atom is -0.387 e. The number of fused-ring (bicyclic) bond motifs is 2. The number of nitrogens with one attached hydrogen (secondary N) is 1. The van der Waals surface area contributed by atoms with Gasteiger partial charge in [-0.2, -0.15) is 0 Å². The Labute approximate surface area is 139 Å². The normalized spacial score (nSPS) is 12.4. The van der Waals surface area contributed by atoms with Crippen LogP contribution >= 0.6 is 0 Å². The van der Waals surface area contributed by atoms with Crippen LogP contribution in [0.1, 0.15) is 11.7 Å². The van der Waals surface area contributed by atoms with Crippen molar-refractivity contribution in [2.24, 2.45) is 0 Å². The maximum Gasteiger partial charge on any atom is 0.164 e. The summed E-state index contributed by atoms with van der Waals surface area (Å²) in [5.74, 6) is 0.674. The Morgan fingerprint density at radius 1 is 0.917 bits per heavy atom. The lowest BCUT2D eigenvalue weighted by Crippen LogP contribution is -2.13. The van der Waals surface area contributed by atoms with E-state index in [-0.39, 0.29) is 0 Å². The number of nitrogens with zero attached hydrogens (tertiary/aromatic N) is 3. The van der Waals surface area contributed by atoms with Crippen molar-refractivity contribution in [2.75, 3.05) is 11.9 Å². The molecule has 0 fully saturated rings. The molecule has 4 rings (SSSR count). The fourth-order valence-electron chi connectivity index (χ4n) is 2.76. The number of hydrogen-bond donors (Lipinski definition) is 2. The first-order valence-corrected chi connectivity index (χ1v) is 7.77. The standard InChI is InChI=1S/C19H16N4O/c24-17(15-8-7-13-4-1-2-5-14(13)10-15)11-21-19-16-6-3-9-20-18(16)22-12-23-19/h1-10,12,17,24H,11H2,(H,20,21,22,23). The van der Waals surface area contributed by atoms with Crippen molar-refractivity contribution < 1.29 is 5.11 Å². The molecule has 0 spiro atoms. The number of anilines is 1. The molecule has 2 aromatic heterocycles. The Balaban J connectivity index is 1.55. The van der Waals surface area contributed by atoms with Gasteiger partial charge in [-0.05, 0) is 34.5 Å². The summed E-state index contributed by atoms with van der Waals surface area (Å²) < 4.78 is 0. The van der Waals surface area contributed by atoms with Gasteiger partial charge in [-0.25, -0.2) is 15.0 Å². The number of pyridine rings is 1. The number of aliphatic hydroxyl groups is 1. The summed E-state index contributed by atoms with van der Waals surface area (Å²) in [6.07, 6.45) is 2.54. The van der Waals surface area contributed by atoms with Crippen LogP contribution < -0.4 is 5.32 Å². The Bertz CT molecular complexity index is 997. The number of benzene rings is 2. The average Bonchev–Trinajstić information content (AvgIpc) is 2.65. The molecule has 0 aliphatic heterocycles. The molecule has 0 radical (unpaired) electrons. The van der Waals surface area contributed by atoms with Crippen LogP contribution in [0.15, 0.2) is 67.1 Å². The van der Waals surface area contributed by atoms with Gasteiger partial charge < -0.3 is 10.4 Å². The first-order chi connectivity index (χ1) is 11.8. The maximum atomic E-state index is 10.5. The van der Waals surface area contributed by atoms with Gasteiger partial charge in [0.15, 0.2) is 5.65 Å². The molecule has 2 aromatic carbocycles. The van der Waals surface area contributed by atoms with Gasteiger partial charge in [0.05, 0.1) is 11.5 Å². The minimum atomic E-state index is -0.628. The highest BCUT2D eigenvalue weighted by Gasteiger charge is 2.10. The molecule has 2 N–H and O–H groups in total. The molecule has 118 valence electrons. The average molecular weight is 316 g/mol. The van der Waals surface area contributed by atoms with Crippen LogP contribution in [0.2, 0.25) is 0 Å². The molecule has 0 bridgehead atoms. The maximum absolute atomic E-state index is 10.5. The number of hydrogen-bond acceptors (Lipinski definition) is 5. The lowest BCUT2D eigenvalue weighted by atomic mass is 10.0. The predicted octanol–water partition coefficient (Wildman–Crippen LogP) is 3.32. The fraction of sp³-hybridized carbons (Fsp3) is 0.105. The second kappa shape index (κ2) is 6.22. The van der Waals surface area contributed by atoms with Gasteiger partial charge in [0.25, 0.3) is 0 Å². The van der Waals surface area contributed by atoms with Crippen molar-refractivity contribution >= 4 is 27.6 Å². The Kier molecular flexibility index (Phi) is 3.76. The molecule has 4 aromatic rings. The molecule has 2 heterocycles. The van der Waals surface area contributed by atoms with Crippen LogP contribution in [-0.4, -0.2) is 26.6 Å². The number of aromatic nitrogens is 3. The highest BCUT2D eigenvalue weighted by atomic mass is 16.3. The summed E-state index contributed by atoms with van der Waals surface area (Å²) in [6, 6.07) is 17.9. The smallest absolute Gasteiger partial charge is 0.164 e. The molecule has 1 unspecified atom stereocenters. The summed E-state index contributed by atoms with van der Waals surface area (Å²) in [7, 11) is 0. The molecule has 0 saturated heterocycles. The quantitative estimate of drug-likeness (QED) is 0.604. The van der Waals surface area contributed by atoms with Crippen LogP contribution in [0.4, 0.5) is 5.82 Å². The molecule has 5 nitrogen and oxygen atoms in total. The monoisotopic (exact) mass is 316 g/mol. The second-order valence-electron chi connectivity index (χ2n) is 5.60.